The van der Waals surface area contributed by atoms with Gasteiger partial charge in [-0.1, -0.05) is 0 Å². The molecule has 0 fully saturated rings. The topological polar surface area (TPSA) is 90.8 Å². The Kier molecular flexibility index (Phi) is 5.74. The zero-order valence-electron chi connectivity index (χ0n) is 10.4. The monoisotopic (exact) mass is 334 g/mol. The summed E-state index contributed by atoms with van der Waals surface area (Å²) in [6.07, 6.45) is 6.57. The highest BCUT2D eigenvalue weighted by atomic mass is 79.9. The lowest BCUT2D eigenvalue weighted by Gasteiger charge is -1.99. The summed E-state index contributed by atoms with van der Waals surface area (Å²) in [6.45, 7) is 0.420. The zero-order valence-corrected chi connectivity index (χ0v) is 12.0. The lowest BCUT2D eigenvalue weighted by atomic mass is 10.2. The molecule has 2 aromatic rings. The van der Waals surface area contributed by atoms with E-state index in [4.69, 9.17) is 10.4 Å². The Bertz CT molecular complexity index is 620. The van der Waals surface area contributed by atoms with Crippen molar-refractivity contribution in [2.45, 2.75) is 13.0 Å². The van der Waals surface area contributed by atoms with Crippen LogP contribution in [0.5, 0.6) is 0 Å². The number of carboxylic acid groups (broad SMARTS) is 1. The van der Waals surface area contributed by atoms with Gasteiger partial charge < -0.3 is 22.1 Å². The fourth-order valence-corrected chi connectivity index (χ4v) is 1.52. The number of aryl methyl sites for hydroxylation is 1. The van der Waals surface area contributed by atoms with E-state index in [9.17, 15) is 4.79 Å². The lowest BCUT2D eigenvalue weighted by molar-refractivity contribution is -0.695. The summed E-state index contributed by atoms with van der Waals surface area (Å²) < 4.78 is 1.78. The van der Waals surface area contributed by atoms with E-state index in [-0.39, 0.29) is 23.4 Å². The third-order valence-corrected chi connectivity index (χ3v) is 2.51. The first-order valence-corrected chi connectivity index (χ1v) is 5.62. The Balaban J connectivity index is 0.00000200. The van der Waals surface area contributed by atoms with Gasteiger partial charge in [0.05, 0.1) is 5.56 Å². The Hall–Kier alpha value is -2.33. The van der Waals surface area contributed by atoms with Crippen molar-refractivity contribution in [2.75, 3.05) is 0 Å². The minimum Gasteiger partial charge on any atom is -1.00 e. The molecule has 0 saturated heterocycles. The van der Waals surface area contributed by atoms with Crippen molar-refractivity contribution in [1.29, 1.82) is 5.26 Å². The van der Waals surface area contributed by atoms with Crippen molar-refractivity contribution in [3.63, 3.8) is 0 Å². The Labute approximate surface area is 126 Å². The maximum Gasteiger partial charge on any atom is 0.309 e. The van der Waals surface area contributed by atoms with Gasteiger partial charge in [-0.15, -0.1) is 0 Å². The van der Waals surface area contributed by atoms with E-state index >= 15 is 0 Å². The van der Waals surface area contributed by atoms with E-state index in [0.717, 1.165) is 5.56 Å². The molecule has 0 unspecified atom stereocenters. The number of hydrogen-bond donors (Lipinski definition) is 1. The van der Waals surface area contributed by atoms with Crippen LogP contribution in [0.2, 0.25) is 0 Å². The van der Waals surface area contributed by atoms with E-state index in [0.29, 0.717) is 17.9 Å². The number of carbonyl (C=O) groups is 1. The molecular formula is C13H11BrN4O2. The summed E-state index contributed by atoms with van der Waals surface area (Å²) in [5.74, 6) is -0.295. The van der Waals surface area contributed by atoms with Crippen LogP contribution in [0.25, 0.3) is 11.4 Å². The Morgan fingerprint density at radius 1 is 1.30 bits per heavy atom. The minimum absolute atomic E-state index is 0. The molecule has 7 heteroatoms. The normalized spacial score (nSPS) is 9.35. The van der Waals surface area contributed by atoms with Crippen LogP contribution in [-0.2, 0) is 11.3 Å². The molecule has 102 valence electrons. The van der Waals surface area contributed by atoms with Gasteiger partial charge in [-0.25, -0.2) is 14.5 Å². The standard InChI is InChI=1S/C13H10N4O2.BrH/c14-7-10-8-15-13(16-9-10)11-1-4-17(5-2-11)6-3-12(18)19;/h1-2,4-5,8-9H,3,6H2;1H. The molecule has 0 atom stereocenters. The molecule has 0 aliphatic heterocycles. The third kappa shape index (κ3) is 4.10. The fraction of sp³-hybridized carbons (Fsp3) is 0.154. The number of halogens is 1. The van der Waals surface area contributed by atoms with Crippen LogP contribution in [0, 0.1) is 11.3 Å². The van der Waals surface area contributed by atoms with Gasteiger partial charge in [-0.05, 0) is 0 Å². The van der Waals surface area contributed by atoms with Crippen molar-refractivity contribution in [1.82, 2.24) is 9.97 Å². The highest BCUT2D eigenvalue weighted by Crippen LogP contribution is 2.11. The lowest BCUT2D eigenvalue weighted by Crippen LogP contribution is -3.00. The van der Waals surface area contributed by atoms with Crippen molar-refractivity contribution in [2.24, 2.45) is 0 Å². The first-order chi connectivity index (χ1) is 9.19. The second kappa shape index (κ2) is 7.31. The van der Waals surface area contributed by atoms with Gasteiger partial charge in [0.1, 0.15) is 12.5 Å². The Morgan fingerprint density at radius 3 is 2.40 bits per heavy atom. The van der Waals surface area contributed by atoms with Gasteiger partial charge in [-0.3, -0.25) is 4.79 Å². The van der Waals surface area contributed by atoms with Crippen molar-refractivity contribution in [3.8, 4) is 17.5 Å². The van der Waals surface area contributed by atoms with Gasteiger partial charge in [0, 0.05) is 30.1 Å². The van der Waals surface area contributed by atoms with E-state index in [1.807, 2.05) is 18.2 Å². The maximum atomic E-state index is 10.5. The Morgan fingerprint density at radius 2 is 1.90 bits per heavy atom. The molecule has 0 amide bonds. The predicted molar refractivity (Wildman–Crippen MR) is 64.6 cm³/mol. The van der Waals surface area contributed by atoms with Gasteiger partial charge >= 0.3 is 5.97 Å². The van der Waals surface area contributed by atoms with Gasteiger partial charge in [0.15, 0.2) is 24.8 Å². The fourth-order valence-electron chi connectivity index (χ4n) is 1.52. The number of hydrogen-bond acceptors (Lipinski definition) is 4. The number of aromatic nitrogens is 3. The second-order valence-electron chi connectivity index (χ2n) is 3.88. The van der Waals surface area contributed by atoms with Crippen LogP contribution >= 0.6 is 0 Å². The number of pyridine rings is 1. The predicted octanol–water partition coefficient (Wildman–Crippen LogP) is -2.22. The van der Waals surface area contributed by atoms with Crippen LogP contribution in [0.4, 0.5) is 0 Å². The molecule has 1 N–H and O–H groups in total. The molecule has 6 nitrogen and oxygen atoms in total. The molecule has 0 aromatic carbocycles. The largest absolute Gasteiger partial charge is 1.00 e. The second-order valence-corrected chi connectivity index (χ2v) is 3.88. The van der Waals surface area contributed by atoms with Gasteiger partial charge in [-0.2, -0.15) is 5.26 Å². The average molecular weight is 335 g/mol. The number of carboxylic acids is 1. The molecule has 0 spiro atoms. The number of aliphatic carboxylic acids is 1. The average Bonchev–Trinajstić information content (AvgIpc) is 2.46. The molecule has 2 aromatic heterocycles. The summed E-state index contributed by atoms with van der Waals surface area (Å²) in [6, 6.07) is 5.57. The van der Waals surface area contributed by atoms with Gasteiger partial charge in [0.2, 0.25) is 0 Å². The number of nitrogens with zero attached hydrogens (tertiary/aromatic N) is 4. The molecule has 0 radical (unpaired) electrons. The highest BCUT2D eigenvalue weighted by Gasteiger charge is 2.07. The first-order valence-electron chi connectivity index (χ1n) is 5.62. The summed E-state index contributed by atoms with van der Waals surface area (Å²) in [7, 11) is 0. The SMILES string of the molecule is N#Cc1cnc(-c2cc[n+](CCC(=O)O)cc2)nc1.[Br-]. The number of nitriles is 1. The smallest absolute Gasteiger partial charge is 0.309 e. The van der Waals surface area contributed by atoms with Crippen LogP contribution in [-0.4, -0.2) is 21.0 Å². The van der Waals surface area contributed by atoms with Crippen LogP contribution in [0.1, 0.15) is 12.0 Å². The van der Waals surface area contributed by atoms with E-state index < -0.39 is 5.97 Å². The minimum atomic E-state index is -0.827. The van der Waals surface area contributed by atoms with Crippen LogP contribution in [0.15, 0.2) is 36.9 Å². The van der Waals surface area contributed by atoms with E-state index in [1.54, 1.807) is 17.0 Å². The van der Waals surface area contributed by atoms with E-state index in [2.05, 4.69) is 9.97 Å². The molecule has 2 heterocycles. The number of rotatable bonds is 4. The molecule has 2 rings (SSSR count). The molecule has 20 heavy (non-hydrogen) atoms. The van der Waals surface area contributed by atoms with Crippen molar-refractivity contribution >= 4 is 5.97 Å². The van der Waals surface area contributed by atoms with E-state index in [1.165, 1.54) is 12.4 Å². The quantitative estimate of drug-likeness (QED) is 0.640. The molecule has 0 aliphatic carbocycles. The summed E-state index contributed by atoms with van der Waals surface area (Å²) in [4.78, 5) is 18.6. The summed E-state index contributed by atoms with van der Waals surface area (Å²) in [5.41, 5.74) is 1.23. The third-order valence-electron chi connectivity index (χ3n) is 2.51. The molecule has 0 saturated carbocycles. The molecule has 0 bridgehead atoms. The van der Waals surface area contributed by atoms with Crippen LogP contribution < -0.4 is 21.5 Å². The summed E-state index contributed by atoms with van der Waals surface area (Å²) in [5, 5.41) is 17.3. The summed E-state index contributed by atoms with van der Waals surface area (Å²) >= 11 is 0. The van der Waals surface area contributed by atoms with Crippen LogP contribution in [0.3, 0.4) is 0 Å². The maximum absolute atomic E-state index is 10.5. The zero-order chi connectivity index (χ0) is 13.7. The molecular weight excluding hydrogens is 324 g/mol. The highest BCUT2D eigenvalue weighted by molar-refractivity contribution is 5.66. The molecule has 0 aliphatic rings. The van der Waals surface area contributed by atoms with Crippen molar-refractivity contribution < 1.29 is 31.4 Å². The van der Waals surface area contributed by atoms with Gasteiger partial charge in [0.25, 0.3) is 0 Å². The first kappa shape index (κ1) is 15.7. The van der Waals surface area contributed by atoms with Crippen molar-refractivity contribution in [3.05, 3.63) is 42.5 Å².